The van der Waals surface area contributed by atoms with Gasteiger partial charge in [0.05, 0.1) is 0 Å². The summed E-state index contributed by atoms with van der Waals surface area (Å²) in [5.74, 6) is 0. The molecule has 0 aromatic carbocycles. The van der Waals surface area contributed by atoms with Crippen LogP contribution < -0.4 is 0 Å². The molecule has 46 valence electrons. The molecule has 0 aliphatic rings. The van der Waals surface area contributed by atoms with E-state index in [0.29, 0.717) is 0 Å². The van der Waals surface area contributed by atoms with Crippen molar-refractivity contribution < 1.29 is 20.4 Å². The predicted octanol–water partition coefficient (Wildman–Crippen LogP) is 1.84. The van der Waals surface area contributed by atoms with Crippen LogP contribution in [0.15, 0.2) is 29.0 Å². The first kappa shape index (κ1) is 8.29. The van der Waals surface area contributed by atoms with Crippen molar-refractivity contribution in [1.29, 1.82) is 0 Å². The fourth-order valence-electron chi connectivity index (χ4n) is 0.342. The zero-order valence-corrected chi connectivity index (χ0v) is 7.09. The van der Waals surface area contributed by atoms with Gasteiger partial charge in [0.25, 0.3) is 0 Å². The molecule has 0 N–H and O–H groups in total. The number of hydrogen-bond donors (Lipinski definition) is 0. The molecule has 1 rings (SSSR count). The molecule has 0 aliphatic heterocycles. The Bertz CT molecular complexity index is 142. The molecule has 0 saturated heterocycles. The van der Waals surface area contributed by atoms with Crippen molar-refractivity contribution in [2.75, 3.05) is 0 Å². The van der Waals surface area contributed by atoms with E-state index in [1.54, 1.807) is 12.4 Å². The molecular weight excluding hydrogens is 260 g/mol. The maximum Gasteiger partial charge on any atom is 0.0410 e. The first-order valence-electron chi connectivity index (χ1n) is 1.95. The second kappa shape index (κ2) is 4.20. The molecule has 0 aliphatic carbocycles. The maximum atomic E-state index is 3.84. The van der Waals surface area contributed by atoms with E-state index in [1.807, 2.05) is 12.1 Å². The smallest absolute Gasteiger partial charge is 0.0410 e. The van der Waals surface area contributed by atoms with E-state index in [1.165, 1.54) is 0 Å². The second-order valence-electron chi connectivity index (χ2n) is 1.17. The van der Waals surface area contributed by atoms with Crippen LogP contribution in [0.5, 0.6) is 0 Å². The fraction of sp³-hybridized carbons (Fsp3) is 0. The van der Waals surface area contributed by atoms with Crippen molar-refractivity contribution in [2.24, 2.45) is 0 Å². The monoisotopic (exact) mass is 263 g/mol. The minimum atomic E-state index is 0. The summed E-state index contributed by atoms with van der Waals surface area (Å²) in [5.41, 5.74) is 0. The van der Waals surface area contributed by atoms with Crippen molar-refractivity contribution in [2.45, 2.75) is 0 Å². The molecule has 0 saturated carbocycles. The van der Waals surface area contributed by atoms with Crippen LogP contribution in [0.3, 0.4) is 0 Å². The Kier molecular flexibility index (Phi) is 4.35. The molecule has 8 heavy (non-hydrogen) atoms. The van der Waals surface area contributed by atoms with E-state index >= 15 is 0 Å². The Morgan fingerprint density at radius 1 is 1.50 bits per heavy atom. The van der Waals surface area contributed by atoms with Gasteiger partial charge in [0.1, 0.15) is 0 Å². The van der Waals surface area contributed by atoms with Gasteiger partial charge < -0.3 is 0 Å². The summed E-state index contributed by atoms with van der Waals surface area (Å²) in [4.78, 5) is 3.84. The van der Waals surface area contributed by atoms with Crippen molar-refractivity contribution >= 4 is 15.9 Å². The zero-order valence-electron chi connectivity index (χ0n) is 3.95. The quantitative estimate of drug-likeness (QED) is 0.652. The first-order valence-corrected chi connectivity index (χ1v) is 2.74. The van der Waals surface area contributed by atoms with Crippen LogP contribution in [0.25, 0.3) is 0 Å². The SMILES string of the molecule is Brc1cccnc1.[Pd]. The Labute approximate surface area is 70.3 Å². The van der Waals surface area contributed by atoms with E-state index in [2.05, 4.69) is 20.9 Å². The average Bonchev–Trinajstić information content (AvgIpc) is 1.69. The van der Waals surface area contributed by atoms with Crippen LogP contribution in [-0.2, 0) is 20.4 Å². The molecular formula is C5H4BrNPd. The number of pyridine rings is 1. The van der Waals surface area contributed by atoms with Gasteiger partial charge in [-0.15, -0.1) is 0 Å². The minimum absolute atomic E-state index is 0. The van der Waals surface area contributed by atoms with Gasteiger partial charge in [-0.05, 0) is 28.1 Å². The van der Waals surface area contributed by atoms with E-state index in [-0.39, 0.29) is 20.4 Å². The summed E-state index contributed by atoms with van der Waals surface area (Å²) in [6.45, 7) is 0. The molecule has 1 aromatic heterocycles. The fourth-order valence-corrected chi connectivity index (χ4v) is 0.613. The predicted molar refractivity (Wildman–Crippen MR) is 31.9 cm³/mol. The van der Waals surface area contributed by atoms with E-state index in [4.69, 9.17) is 0 Å². The third-order valence-corrected chi connectivity index (χ3v) is 1.09. The summed E-state index contributed by atoms with van der Waals surface area (Å²) < 4.78 is 1.02. The number of halogens is 1. The van der Waals surface area contributed by atoms with Crippen molar-refractivity contribution in [3.05, 3.63) is 29.0 Å². The average molecular weight is 264 g/mol. The third-order valence-electron chi connectivity index (χ3n) is 0.625. The number of rotatable bonds is 0. The van der Waals surface area contributed by atoms with Crippen LogP contribution in [-0.4, -0.2) is 4.98 Å². The van der Waals surface area contributed by atoms with Crippen LogP contribution >= 0.6 is 15.9 Å². The summed E-state index contributed by atoms with van der Waals surface area (Å²) in [7, 11) is 0. The van der Waals surface area contributed by atoms with Gasteiger partial charge in [0.2, 0.25) is 0 Å². The minimum Gasteiger partial charge on any atom is -0.264 e. The molecule has 0 atom stereocenters. The largest absolute Gasteiger partial charge is 0.264 e. The van der Waals surface area contributed by atoms with Crippen LogP contribution in [0.2, 0.25) is 0 Å². The maximum absolute atomic E-state index is 3.84. The van der Waals surface area contributed by atoms with Crippen molar-refractivity contribution in [3.63, 3.8) is 0 Å². The van der Waals surface area contributed by atoms with Gasteiger partial charge >= 0.3 is 0 Å². The van der Waals surface area contributed by atoms with Crippen molar-refractivity contribution in [3.8, 4) is 0 Å². The van der Waals surface area contributed by atoms with Crippen LogP contribution in [0.1, 0.15) is 0 Å². The molecule has 1 heterocycles. The topological polar surface area (TPSA) is 12.9 Å². The van der Waals surface area contributed by atoms with Gasteiger partial charge in [-0.2, -0.15) is 0 Å². The van der Waals surface area contributed by atoms with Crippen LogP contribution in [0, 0.1) is 0 Å². The van der Waals surface area contributed by atoms with Crippen LogP contribution in [0.4, 0.5) is 0 Å². The molecule has 3 heteroatoms. The van der Waals surface area contributed by atoms with Crippen molar-refractivity contribution in [1.82, 2.24) is 4.98 Å². The normalized spacial score (nSPS) is 7.62. The number of hydrogen-bond acceptors (Lipinski definition) is 1. The van der Waals surface area contributed by atoms with E-state index in [9.17, 15) is 0 Å². The number of nitrogens with zero attached hydrogens (tertiary/aromatic N) is 1. The first-order chi connectivity index (χ1) is 3.39. The van der Waals surface area contributed by atoms with Gasteiger partial charge in [0, 0.05) is 37.3 Å². The molecule has 0 bridgehead atoms. The standard InChI is InChI=1S/C5H4BrN.Pd/c6-5-2-1-3-7-4-5;/h1-4H;. The zero-order chi connectivity index (χ0) is 5.11. The molecule has 1 aromatic rings. The summed E-state index contributed by atoms with van der Waals surface area (Å²) in [6, 6.07) is 3.82. The van der Waals surface area contributed by atoms with Gasteiger partial charge in [0.15, 0.2) is 0 Å². The van der Waals surface area contributed by atoms with Gasteiger partial charge in [-0.25, -0.2) is 0 Å². The third kappa shape index (κ3) is 2.56. The van der Waals surface area contributed by atoms with Gasteiger partial charge in [-0.1, -0.05) is 0 Å². The summed E-state index contributed by atoms with van der Waals surface area (Å²) in [5, 5.41) is 0. The molecule has 1 nitrogen and oxygen atoms in total. The molecule has 0 radical (unpaired) electrons. The van der Waals surface area contributed by atoms with E-state index in [0.717, 1.165) is 4.47 Å². The number of aromatic nitrogens is 1. The Morgan fingerprint density at radius 3 is 2.50 bits per heavy atom. The van der Waals surface area contributed by atoms with E-state index < -0.39 is 0 Å². The summed E-state index contributed by atoms with van der Waals surface area (Å²) in [6.07, 6.45) is 3.49. The van der Waals surface area contributed by atoms with Gasteiger partial charge in [-0.3, -0.25) is 4.98 Å². The Morgan fingerprint density at radius 2 is 2.25 bits per heavy atom. The summed E-state index contributed by atoms with van der Waals surface area (Å²) >= 11 is 3.25. The second-order valence-corrected chi connectivity index (χ2v) is 2.09. The molecule has 0 spiro atoms. The Hall–Kier alpha value is 0.292. The Balaban J connectivity index is 0.000000490. The molecule has 0 amide bonds. The molecule has 0 unspecified atom stereocenters. The molecule has 0 fully saturated rings.